The van der Waals surface area contributed by atoms with E-state index in [9.17, 15) is 9.59 Å². The SMILES string of the molecule is CC(C)(C(=O)N1CCN(C(=O)c2cc(-c3cccs3)[nH]n2)CC1)c1ccccc1. The molecule has 0 bridgehead atoms. The maximum atomic E-state index is 13.1. The molecule has 1 aliphatic rings. The smallest absolute Gasteiger partial charge is 0.274 e. The highest BCUT2D eigenvalue weighted by molar-refractivity contribution is 7.13. The molecule has 7 heteroatoms. The first kappa shape index (κ1) is 19.4. The molecule has 4 rings (SSSR count). The van der Waals surface area contributed by atoms with Crippen molar-refractivity contribution in [3.8, 4) is 10.6 Å². The number of piperazine rings is 1. The summed E-state index contributed by atoms with van der Waals surface area (Å²) in [5.41, 5.74) is 1.67. The molecule has 29 heavy (non-hydrogen) atoms. The number of amides is 2. The van der Waals surface area contributed by atoms with E-state index in [1.165, 1.54) is 0 Å². The number of thiophene rings is 1. The zero-order valence-corrected chi connectivity index (χ0v) is 17.4. The minimum Gasteiger partial charge on any atom is -0.338 e. The van der Waals surface area contributed by atoms with Gasteiger partial charge >= 0.3 is 0 Å². The van der Waals surface area contributed by atoms with Gasteiger partial charge in [0.1, 0.15) is 0 Å². The molecule has 0 aliphatic carbocycles. The number of rotatable bonds is 4. The van der Waals surface area contributed by atoms with Crippen molar-refractivity contribution in [2.75, 3.05) is 26.2 Å². The zero-order chi connectivity index (χ0) is 20.4. The van der Waals surface area contributed by atoms with E-state index in [0.717, 1.165) is 16.1 Å². The molecule has 1 N–H and O–H groups in total. The molecule has 1 saturated heterocycles. The predicted octanol–water partition coefficient (Wildman–Crippen LogP) is 3.40. The predicted molar refractivity (Wildman–Crippen MR) is 114 cm³/mol. The summed E-state index contributed by atoms with van der Waals surface area (Å²) in [6.45, 7) is 6.00. The van der Waals surface area contributed by atoms with E-state index < -0.39 is 5.41 Å². The van der Waals surface area contributed by atoms with Crippen molar-refractivity contribution in [1.29, 1.82) is 0 Å². The molecular formula is C22H24N4O2S. The quantitative estimate of drug-likeness (QED) is 0.719. The number of carbonyl (C=O) groups is 2. The Bertz CT molecular complexity index is 987. The molecule has 150 valence electrons. The van der Waals surface area contributed by atoms with Gasteiger partial charge in [-0.1, -0.05) is 36.4 Å². The van der Waals surface area contributed by atoms with E-state index in [0.29, 0.717) is 31.9 Å². The molecule has 3 aromatic rings. The summed E-state index contributed by atoms with van der Waals surface area (Å²) in [6.07, 6.45) is 0. The Hall–Kier alpha value is -2.93. The Kier molecular flexibility index (Phi) is 5.24. The summed E-state index contributed by atoms with van der Waals surface area (Å²) >= 11 is 1.60. The molecule has 0 atom stereocenters. The minimum absolute atomic E-state index is 0.0931. The highest BCUT2D eigenvalue weighted by Gasteiger charge is 2.36. The fraction of sp³-hybridized carbons (Fsp3) is 0.318. The summed E-state index contributed by atoms with van der Waals surface area (Å²) in [5.74, 6) is -0.00553. The van der Waals surface area contributed by atoms with E-state index in [1.54, 1.807) is 22.3 Å². The van der Waals surface area contributed by atoms with Gasteiger partial charge in [0.05, 0.1) is 16.0 Å². The van der Waals surface area contributed by atoms with Gasteiger partial charge in [-0.2, -0.15) is 5.10 Å². The van der Waals surface area contributed by atoms with Crippen molar-refractivity contribution in [2.24, 2.45) is 0 Å². The third-order valence-electron chi connectivity index (χ3n) is 5.47. The molecule has 0 spiro atoms. The third kappa shape index (κ3) is 3.82. The Morgan fingerprint density at radius 3 is 2.34 bits per heavy atom. The van der Waals surface area contributed by atoms with Gasteiger partial charge in [-0.25, -0.2) is 0 Å². The monoisotopic (exact) mass is 408 g/mol. The molecule has 0 unspecified atom stereocenters. The van der Waals surface area contributed by atoms with E-state index in [-0.39, 0.29) is 11.8 Å². The topological polar surface area (TPSA) is 69.3 Å². The Labute approximate surface area is 174 Å². The lowest BCUT2D eigenvalue weighted by Crippen LogP contribution is -2.54. The number of nitrogens with zero attached hydrogens (tertiary/aromatic N) is 3. The standard InChI is InChI=1S/C22H24N4O2S/c1-22(2,16-7-4-3-5-8-16)21(28)26-12-10-25(11-13-26)20(27)18-15-17(23-24-18)19-9-6-14-29-19/h3-9,14-15H,10-13H2,1-2H3,(H,23,24). The molecule has 1 fully saturated rings. The molecule has 2 aromatic heterocycles. The van der Waals surface area contributed by atoms with Crippen LogP contribution in [0.5, 0.6) is 0 Å². The summed E-state index contributed by atoms with van der Waals surface area (Å²) in [7, 11) is 0. The number of nitrogens with one attached hydrogen (secondary N) is 1. The average molecular weight is 409 g/mol. The average Bonchev–Trinajstić information content (AvgIpc) is 3.45. The van der Waals surface area contributed by atoms with Crippen molar-refractivity contribution in [3.05, 3.63) is 65.2 Å². The number of H-pyrrole nitrogens is 1. The zero-order valence-electron chi connectivity index (χ0n) is 16.6. The highest BCUT2D eigenvalue weighted by Crippen LogP contribution is 2.27. The summed E-state index contributed by atoms with van der Waals surface area (Å²) in [4.78, 5) is 30.6. The van der Waals surface area contributed by atoms with Gasteiger partial charge in [-0.15, -0.1) is 11.3 Å². The van der Waals surface area contributed by atoms with Crippen LogP contribution in [0.1, 0.15) is 29.9 Å². The van der Waals surface area contributed by atoms with Gasteiger partial charge in [-0.3, -0.25) is 14.7 Å². The lowest BCUT2D eigenvalue weighted by Gasteiger charge is -2.38. The van der Waals surface area contributed by atoms with Crippen LogP contribution in [0.3, 0.4) is 0 Å². The summed E-state index contributed by atoms with van der Waals surface area (Å²) < 4.78 is 0. The first-order chi connectivity index (χ1) is 14.0. The van der Waals surface area contributed by atoms with Gasteiger partial charge in [0.15, 0.2) is 5.69 Å². The normalized spacial score (nSPS) is 14.8. The van der Waals surface area contributed by atoms with E-state index >= 15 is 0 Å². The molecule has 0 saturated carbocycles. The number of hydrogen-bond acceptors (Lipinski definition) is 4. The van der Waals surface area contributed by atoms with Crippen molar-refractivity contribution in [2.45, 2.75) is 19.3 Å². The first-order valence-electron chi connectivity index (χ1n) is 9.70. The van der Waals surface area contributed by atoms with Gasteiger partial charge < -0.3 is 9.80 Å². The molecular weight excluding hydrogens is 384 g/mol. The number of hydrogen-bond donors (Lipinski definition) is 1. The number of aromatic nitrogens is 2. The van der Waals surface area contributed by atoms with Crippen LogP contribution in [0.2, 0.25) is 0 Å². The molecule has 6 nitrogen and oxygen atoms in total. The maximum absolute atomic E-state index is 13.1. The van der Waals surface area contributed by atoms with Crippen LogP contribution in [-0.4, -0.2) is 58.0 Å². The second kappa shape index (κ2) is 7.83. The fourth-order valence-corrected chi connectivity index (χ4v) is 4.33. The minimum atomic E-state index is -0.592. The Morgan fingerprint density at radius 1 is 1.00 bits per heavy atom. The van der Waals surface area contributed by atoms with Gasteiger partial charge in [0.25, 0.3) is 5.91 Å². The van der Waals surface area contributed by atoms with Crippen LogP contribution in [0.15, 0.2) is 53.9 Å². The molecule has 3 heterocycles. The van der Waals surface area contributed by atoms with Crippen LogP contribution in [0.4, 0.5) is 0 Å². The summed E-state index contributed by atoms with van der Waals surface area (Å²) in [5, 5.41) is 9.12. The van der Waals surface area contributed by atoms with E-state index in [1.807, 2.05) is 66.6 Å². The Morgan fingerprint density at radius 2 is 1.69 bits per heavy atom. The number of benzene rings is 1. The second-order valence-electron chi connectivity index (χ2n) is 7.72. The van der Waals surface area contributed by atoms with Gasteiger partial charge in [0.2, 0.25) is 5.91 Å². The van der Waals surface area contributed by atoms with Crippen LogP contribution in [0.25, 0.3) is 10.6 Å². The van der Waals surface area contributed by atoms with Crippen molar-refractivity contribution >= 4 is 23.2 Å². The van der Waals surface area contributed by atoms with Gasteiger partial charge in [-0.05, 0) is 36.9 Å². The molecule has 1 aliphatic heterocycles. The lowest BCUT2D eigenvalue weighted by atomic mass is 9.83. The van der Waals surface area contributed by atoms with Gasteiger partial charge in [0, 0.05) is 26.2 Å². The summed E-state index contributed by atoms with van der Waals surface area (Å²) in [6, 6.07) is 15.6. The molecule has 1 aromatic carbocycles. The van der Waals surface area contributed by atoms with Crippen molar-refractivity contribution < 1.29 is 9.59 Å². The maximum Gasteiger partial charge on any atom is 0.274 e. The van der Waals surface area contributed by atoms with E-state index in [2.05, 4.69) is 10.2 Å². The number of aromatic amines is 1. The van der Waals surface area contributed by atoms with Crippen molar-refractivity contribution in [3.63, 3.8) is 0 Å². The van der Waals surface area contributed by atoms with Crippen molar-refractivity contribution in [1.82, 2.24) is 20.0 Å². The second-order valence-corrected chi connectivity index (χ2v) is 8.67. The van der Waals surface area contributed by atoms with Crippen LogP contribution in [-0.2, 0) is 10.2 Å². The Balaban J connectivity index is 1.39. The number of carbonyl (C=O) groups excluding carboxylic acids is 2. The van der Waals surface area contributed by atoms with Crippen LogP contribution >= 0.6 is 11.3 Å². The first-order valence-corrected chi connectivity index (χ1v) is 10.6. The lowest BCUT2D eigenvalue weighted by molar-refractivity contribution is -0.137. The van der Waals surface area contributed by atoms with Crippen LogP contribution < -0.4 is 0 Å². The van der Waals surface area contributed by atoms with Crippen LogP contribution in [0, 0.1) is 0 Å². The molecule has 2 amide bonds. The van der Waals surface area contributed by atoms with E-state index in [4.69, 9.17) is 0 Å². The largest absolute Gasteiger partial charge is 0.338 e. The third-order valence-corrected chi connectivity index (χ3v) is 6.37. The highest BCUT2D eigenvalue weighted by atomic mass is 32.1. The fourth-order valence-electron chi connectivity index (χ4n) is 3.64. The molecule has 0 radical (unpaired) electrons.